The molecule has 0 aliphatic carbocycles. The van der Waals surface area contributed by atoms with Crippen LogP contribution in [-0.4, -0.2) is 15.9 Å². The van der Waals surface area contributed by atoms with Crippen molar-refractivity contribution >= 4 is 34.6 Å². The largest absolute Gasteiger partial charge is 0.405 e. The Bertz CT molecular complexity index is 487. The fourth-order valence-corrected chi connectivity index (χ4v) is 1.53. The molecule has 0 saturated heterocycles. The monoisotopic (exact) mass is 328 g/mol. The first-order chi connectivity index (χ1) is 9.27. The van der Waals surface area contributed by atoms with E-state index in [0.29, 0.717) is 18.4 Å². The molecule has 0 atom stereocenters. The zero-order valence-electron chi connectivity index (χ0n) is 10.4. The molecule has 1 rings (SSSR count). The molecule has 0 unspecified atom stereocenters. The van der Waals surface area contributed by atoms with E-state index in [9.17, 15) is 18.9 Å². The molecule has 0 bridgehead atoms. The normalized spacial score (nSPS) is 11.7. The van der Waals surface area contributed by atoms with E-state index in [2.05, 4.69) is 4.84 Å². The van der Waals surface area contributed by atoms with Crippen LogP contribution in [0.5, 0.6) is 0 Å². The standard InChI is InChI=1S/C11H12Cl2F2N2O3/c1-2-3-7-6-8(17(18)19)4-5-9(7)16-20-11(14,15)10(12)13/h4-6,10,16H,2-3H2,1H3. The maximum atomic E-state index is 13.1. The first-order valence-corrected chi connectivity index (χ1v) is 6.52. The SMILES string of the molecule is CCCc1cc([N+](=O)[O-])ccc1NOC(F)(F)C(Cl)Cl. The lowest BCUT2D eigenvalue weighted by atomic mass is 10.1. The van der Waals surface area contributed by atoms with E-state index < -0.39 is 15.9 Å². The summed E-state index contributed by atoms with van der Waals surface area (Å²) in [4.78, 5) is 12.2. The Labute approximate surface area is 123 Å². The predicted molar refractivity (Wildman–Crippen MR) is 72.2 cm³/mol. The number of hydrogen-bond donors (Lipinski definition) is 1. The first-order valence-electron chi connectivity index (χ1n) is 5.65. The van der Waals surface area contributed by atoms with E-state index in [1.807, 2.05) is 12.4 Å². The van der Waals surface area contributed by atoms with E-state index in [4.69, 9.17) is 23.2 Å². The molecular weight excluding hydrogens is 317 g/mol. The van der Waals surface area contributed by atoms with Crippen molar-refractivity contribution in [2.75, 3.05) is 5.48 Å². The van der Waals surface area contributed by atoms with Crippen LogP contribution in [0.25, 0.3) is 0 Å². The maximum Gasteiger partial charge on any atom is 0.405 e. The molecule has 112 valence electrons. The number of nitrogens with zero attached hydrogens (tertiary/aromatic N) is 1. The van der Waals surface area contributed by atoms with Gasteiger partial charge in [0.1, 0.15) is 0 Å². The molecule has 0 radical (unpaired) electrons. The van der Waals surface area contributed by atoms with Gasteiger partial charge in [-0.05, 0) is 18.1 Å². The lowest BCUT2D eigenvalue weighted by Crippen LogP contribution is -2.31. The maximum absolute atomic E-state index is 13.1. The quantitative estimate of drug-likeness (QED) is 0.460. The van der Waals surface area contributed by atoms with Crippen molar-refractivity contribution in [1.29, 1.82) is 0 Å². The summed E-state index contributed by atoms with van der Waals surface area (Å²) in [6.07, 6.45) is -2.64. The van der Waals surface area contributed by atoms with Crippen LogP contribution in [0.15, 0.2) is 18.2 Å². The van der Waals surface area contributed by atoms with Crippen molar-refractivity contribution in [3.05, 3.63) is 33.9 Å². The lowest BCUT2D eigenvalue weighted by Gasteiger charge is -2.19. The van der Waals surface area contributed by atoms with Gasteiger partial charge in [0.25, 0.3) is 5.69 Å². The summed E-state index contributed by atoms with van der Waals surface area (Å²) in [7, 11) is 0. The van der Waals surface area contributed by atoms with Gasteiger partial charge >= 0.3 is 6.11 Å². The third kappa shape index (κ3) is 4.43. The van der Waals surface area contributed by atoms with Gasteiger partial charge in [-0.1, -0.05) is 36.5 Å². The number of nitro groups is 1. The van der Waals surface area contributed by atoms with Crippen LogP contribution in [0.3, 0.4) is 0 Å². The molecular formula is C11H12Cl2F2N2O3. The molecule has 1 aromatic rings. The number of aryl methyl sites for hydroxylation is 1. The minimum Gasteiger partial charge on any atom is -0.261 e. The number of benzene rings is 1. The van der Waals surface area contributed by atoms with Gasteiger partial charge in [-0.15, -0.1) is 0 Å². The van der Waals surface area contributed by atoms with Crippen LogP contribution in [0, 0.1) is 10.1 Å². The van der Waals surface area contributed by atoms with Crippen LogP contribution in [0.4, 0.5) is 20.2 Å². The van der Waals surface area contributed by atoms with Gasteiger partial charge in [-0.2, -0.15) is 8.78 Å². The van der Waals surface area contributed by atoms with Crippen LogP contribution in [0.2, 0.25) is 0 Å². The number of anilines is 1. The second kappa shape index (κ2) is 7.01. The molecule has 0 aliphatic rings. The highest BCUT2D eigenvalue weighted by Crippen LogP contribution is 2.30. The van der Waals surface area contributed by atoms with Gasteiger partial charge in [0.05, 0.1) is 10.6 Å². The predicted octanol–water partition coefficient (Wildman–Crippen LogP) is 4.29. The average Bonchev–Trinajstić information content (AvgIpc) is 2.37. The number of nitrogens with one attached hydrogen (secondary N) is 1. The Morgan fingerprint density at radius 1 is 1.50 bits per heavy atom. The fraction of sp³-hybridized carbons (Fsp3) is 0.455. The molecule has 0 heterocycles. The minimum atomic E-state index is -3.78. The number of nitro benzene ring substituents is 1. The topological polar surface area (TPSA) is 64.4 Å². The third-order valence-electron chi connectivity index (χ3n) is 2.37. The van der Waals surface area contributed by atoms with E-state index in [1.165, 1.54) is 18.2 Å². The van der Waals surface area contributed by atoms with Crippen molar-refractivity contribution < 1.29 is 18.5 Å². The molecule has 0 amide bonds. The second-order valence-corrected chi connectivity index (χ2v) is 5.01. The number of alkyl halides is 4. The van der Waals surface area contributed by atoms with Crippen LogP contribution >= 0.6 is 23.2 Å². The lowest BCUT2D eigenvalue weighted by molar-refractivity contribution is -0.384. The molecule has 0 saturated carbocycles. The van der Waals surface area contributed by atoms with Crippen molar-refractivity contribution in [2.45, 2.75) is 30.7 Å². The van der Waals surface area contributed by atoms with Gasteiger partial charge in [0.15, 0.2) is 4.84 Å². The molecule has 9 heteroatoms. The summed E-state index contributed by atoms with van der Waals surface area (Å²) in [5.74, 6) is 0. The zero-order chi connectivity index (χ0) is 15.3. The van der Waals surface area contributed by atoms with Crippen molar-refractivity contribution in [1.82, 2.24) is 0 Å². The third-order valence-corrected chi connectivity index (χ3v) is 2.88. The fourth-order valence-electron chi connectivity index (χ4n) is 1.44. The van der Waals surface area contributed by atoms with Gasteiger partial charge in [-0.3, -0.25) is 15.6 Å². The molecule has 0 spiro atoms. The minimum absolute atomic E-state index is 0.127. The summed E-state index contributed by atoms with van der Waals surface area (Å²) in [5, 5.41) is 10.7. The molecule has 1 N–H and O–H groups in total. The van der Waals surface area contributed by atoms with Gasteiger partial charge in [0.2, 0.25) is 0 Å². The molecule has 0 aliphatic heterocycles. The summed E-state index contributed by atoms with van der Waals surface area (Å²) in [6, 6.07) is 3.77. The Morgan fingerprint density at radius 3 is 2.65 bits per heavy atom. The molecule has 0 aromatic heterocycles. The van der Waals surface area contributed by atoms with Crippen molar-refractivity contribution in [3.63, 3.8) is 0 Å². The Morgan fingerprint density at radius 2 is 2.15 bits per heavy atom. The molecule has 0 fully saturated rings. The highest BCUT2D eigenvalue weighted by Gasteiger charge is 2.39. The van der Waals surface area contributed by atoms with E-state index in [0.717, 1.165) is 0 Å². The van der Waals surface area contributed by atoms with Crippen molar-refractivity contribution in [2.24, 2.45) is 0 Å². The van der Waals surface area contributed by atoms with Crippen LogP contribution in [-0.2, 0) is 11.3 Å². The van der Waals surface area contributed by atoms with Crippen LogP contribution < -0.4 is 5.48 Å². The second-order valence-electron chi connectivity index (χ2n) is 3.92. The van der Waals surface area contributed by atoms with E-state index in [-0.39, 0.29) is 11.4 Å². The zero-order valence-corrected chi connectivity index (χ0v) is 11.9. The highest BCUT2D eigenvalue weighted by molar-refractivity contribution is 6.44. The Hall–Kier alpha value is -1.18. The highest BCUT2D eigenvalue weighted by atomic mass is 35.5. The summed E-state index contributed by atoms with van der Waals surface area (Å²) >= 11 is 10.1. The first kappa shape index (κ1) is 16.9. The van der Waals surface area contributed by atoms with Crippen LogP contribution in [0.1, 0.15) is 18.9 Å². The average molecular weight is 329 g/mol. The summed E-state index contributed by atoms with van der Waals surface area (Å²) < 4.78 is 26.2. The summed E-state index contributed by atoms with van der Waals surface area (Å²) in [6.45, 7) is 1.85. The Balaban J connectivity index is 2.91. The molecule has 5 nitrogen and oxygen atoms in total. The smallest absolute Gasteiger partial charge is 0.261 e. The number of non-ortho nitro benzene ring substituents is 1. The number of halogens is 4. The summed E-state index contributed by atoms with van der Waals surface area (Å²) in [5.41, 5.74) is 2.60. The van der Waals surface area contributed by atoms with Gasteiger partial charge in [-0.25, -0.2) is 4.84 Å². The Kier molecular flexibility index (Phi) is 5.91. The molecule has 20 heavy (non-hydrogen) atoms. The van der Waals surface area contributed by atoms with Crippen molar-refractivity contribution in [3.8, 4) is 0 Å². The van der Waals surface area contributed by atoms with E-state index in [1.54, 1.807) is 0 Å². The van der Waals surface area contributed by atoms with Gasteiger partial charge < -0.3 is 0 Å². The van der Waals surface area contributed by atoms with Gasteiger partial charge in [0, 0.05) is 12.1 Å². The number of hydrogen-bond acceptors (Lipinski definition) is 4. The number of rotatable bonds is 7. The molecule has 1 aromatic carbocycles. The van der Waals surface area contributed by atoms with E-state index >= 15 is 0 Å².